The summed E-state index contributed by atoms with van der Waals surface area (Å²) in [6, 6.07) is 6.34. The number of aryl methyl sites for hydroxylation is 1. The zero-order valence-electron chi connectivity index (χ0n) is 12.3. The first-order valence-corrected chi connectivity index (χ1v) is 8.14. The van der Waals surface area contributed by atoms with E-state index >= 15 is 0 Å². The number of fused-ring (bicyclic) bond motifs is 1. The molecule has 4 N–H and O–H groups in total. The normalized spacial score (nSPS) is 13.7. The lowest BCUT2D eigenvalue weighted by Crippen LogP contribution is -2.37. The van der Waals surface area contributed by atoms with Gasteiger partial charge in [-0.25, -0.2) is 14.4 Å². The van der Waals surface area contributed by atoms with Crippen molar-refractivity contribution in [3.63, 3.8) is 0 Å². The molecule has 1 aromatic carbocycles. The Morgan fingerprint density at radius 1 is 1.30 bits per heavy atom. The van der Waals surface area contributed by atoms with Crippen LogP contribution in [0.25, 0.3) is 0 Å². The predicted octanol–water partition coefficient (Wildman–Crippen LogP) is 1.85. The van der Waals surface area contributed by atoms with E-state index in [0.717, 1.165) is 30.2 Å². The van der Waals surface area contributed by atoms with Crippen LogP contribution in [0.2, 0.25) is 0 Å². The lowest BCUT2D eigenvalue weighted by atomic mass is 10.0. The third-order valence-electron chi connectivity index (χ3n) is 3.54. The standard InChI is InChI=1S/C15H16FN5OS/c16-10-5-1-3-9-4-2-6-21(14(9)10)13(22)8-23-15-19-11(17)7-12(18)20-15/h1,3,5,7H,2,4,6,8H2,(H4,17,18,19,20). The molecule has 2 aromatic rings. The van der Waals surface area contributed by atoms with Gasteiger partial charge in [-0.05, 0) is 24.5 Å². The lowest BCUT2D eigenvalue weighted by molar-refractivity contribution is -0.116. The zero-order valence-corrected chi connectivity index (χ0v) is 13.1. The van der Waals surface area contributed by atoms with Crippen molar-refractivity contribution in [3.8, 4) is 0 Å². The Kier molecular flexibility index (Phi) is 4.33. The summed E-state index contributed by atoms with van der Waals surface area (Å²) in [7, 11) is 0. The van der Waals surface area contributed by atoms with Crippen LogP contribution < -0.4 is 16.4 Å². The molecule has 0 aliphatic carbocycles. The number of amides is 1. The number of anilines is 3. The number of carbonyl (C=O) groups is 1. The van der Waals surface area contributed by atoms with Crippen LogP contribution in [-0.4, -0.2) is 28.2 Å². The minimum Gasteiger partial charge on any atom is -0.383 e. The number of hydrogen-bond acceptors (Lipinski definition) is 6. The highest BCUT2D eigenvalue weighted by atomic mass is 32.2. The van der Waals surface area contributed by atoms with Crippen LogP contribution >= 0.6 is 11.8 Å². The van der Waals surface area contributed by atoms with E-state index in [2.05, 4.69) is 9.97 Å². The number of rotatable bonds is 3. The molecule has 23 heavy (non-hydrogen) atoms. The Morgan fingerprint density at radius 3 is 2.78 bits per heavy atom. The van der Waals surface area contributed by atoms with Gasteiger partial charge in [0.15, 0.2) is 5.16 Å². The second-order valence-electron chi connectivity index (χ2n) is 5.19. The first kappa shape index (κ1) is 15.5. The highest BCUT2D eigenvalue weighted by Crippen LogP contribution is 2.30. The number of para-hydroxylation sites is 1. The monoisotopic (exact) mass is 333 g/mol. The van der Waals surface area contributed by atoms with Crippen LogP contribution in [0, 0.1) is 5.82 Å². The van der Waals surface area contributed by atoms with Crippen LogP contribution in [0.4, 0.5) is 21.7 Å². The number of nitrogen functional groups attached to an aromatic ring is 2. The Labute approximate surface area is 137 Å². The van der Waals surface area contributed by atoms with Crippen LogP contribution in [-0.2, 0) is 11.2 Å². The van der Waals surface area contributed by atoms with Gasteiger partial charge in [-0.1, -0.05) is 23.9 Å². The average Bonchev–Trinajstić information content (AvgIpc) is 2.51. The van der Waals surface area contributed by atoms with Crippen molar-refractivity contribution >= 4 is 35.0 Å². The quantitative estimate of drug-likeness (QED) is 0.657. The molecule has 120 valence electrons. The zero-order chi connectivity index (χ0) is 16.4. The van der Waals surface area contributed by atoms with Gasteiger partial charge in [-0.2, -0.15) is 0 Å². The first-order chi connectivity index (χ1) is 11.0. The maximum atomic E-state index is 14.1. The summed E-state index contributed by atoms with van der Waals surface area (Å²) in [5.74, 6) is 0.0377. The molecule has 0 saturated heterocycles. The number of halogens is 1. The second-order valence-corrected chi connectivity index (χ2v) is 6.13. The summed E-state index contributed by atoms with van der Waals surface area (Å²) >= 11 is 1.14. The fraction of sp³-hybridized carbons (Fsp3) is 0.267. The lowest BCUT2D eigenvalue weighted by Gasteiger charge is -2.29. The molecule has 2 heterocycles. The number of nitrogens with two attached hydrogens (primary N) is 2. The van der Waals surface area contributed by atoms with Crippen molar-refractivity contribution in [1.29, 1.82) is 0 Å². The number of benzene rings is 1. The Balaban J connectivity index is 1.75. The van der Waals surface area contributed by atoms with Gasteiger partial charge in [-0.3, -0.25) is 4.79 Å². The van der Waals surface area contributed by atoms with Gasteiger partial charge < -0.3 is 16.4 Å². The fourth-order valence-electron chi connectivity index (χ4n) is 2.58. The Morgan fingerprint density at radius 2 is 2.04 bits per heavy atom. The minimum atomic E-state index is -0.370. The smallest absolute Gasteiger partial charge is 0.237 e. The van der Waals surface area contributed by atoms with E-state index in [-0.39, 0.29) is 29.1 Å². The van der Waals surface area contributed by atoms with Crippen molar-refractivity contribution in [3.05, 3.63) is 35.6 Å². The Hall–Kier alpha value is -2.35. The number of carbonyl (C=O) groups excluding carboxylic acids is 1. The molecule has 6 nitrogen and oxygen atoms in total. The third kappa shape index (κ3) is 3.37. The SMILES string of the molecule is Nc1cc(N)nc(SCC(=O)N2CCCc3cccc(F)c32)n1. The van der Waals surface area contributed by atoms with Gasteiger partial charge in [0.2, 0.25) is 5.91 Å². The fourth-order valence-corrected chi connectivity index (χ4v) is 3.33. The van der Waals surface area contributed by atoms with Crippen molar-refractivity contribution < 1.29 is 9.18 Å². The number of thioether (sulfide) groups is 1. The van der Waals surface area contributed by atoms with Crippen LogP contribution in [0.15, 0.2) is 29.4 Å². The summed E-state index contributed by atoms with van der Waals surface area (Å²) in [6.07, 6.45) is 1.59. The van der Waals surface area contributed by atoms with Crippen LogP contribution in [0.1, 0.15) is 12.0 Å². The van der Waals surface area contributed by atoms with E-state index in [0.29, 0.717) is 17.4 Å². The second kappa shape index (κ2) is 6.41. The van der Waals surface area contributed by atoms with E-state index in [4.69, 9.17) is 11.5 Å². The number of nitrogens with zero attached hydrogens (tertiary/aromatic N) is 3. The molecule has 0 radical (unpaired) electrons. The van der Waals surface area contributed by atoms with Gasteiger partial charge in [0.25, 0.3) is 0 Å². The molecule has 0 atom stereocenters. The van der Waals surface area contributed by atoms with Crippen molar-refractivity contribution in [2.45, 2.75) is 18.0 Å². The van der Waals surface area contributed by atoms with Crippen molar-refractivity contribution in [1.82, 2.24) is 9.97 Å². The average molecular weight is 333 g/mol. The summed E-state index contributed by atoms with van der Waals surface area (Å²) in [4.78, 5) is 22.0. The summed E-state index contributed by atoms with van der Waals surface area (Å²) in [6.45, 7) is 0.507. The molecule has 0 unspecified atom stereocenters. The highest BCUT2D eigenvalue weighted by Gasteiger charge is 2.25. The van der Waals surface area contributed by atoms with Crippen molar-refractivity contribution in [2.24, 2.45) is 0 Å². The highest BCUT2D eigenvalue weighted by molar-refractivity contribution is 7.99. The molecular weight excluding hydrogens is 317 g/mol. The molecule has 0 fully saturated rings. The molecule has 3 rings (SSSR count). The number of aromatic nitrogens is 2. The van der Waals surface area contributed by atoms with Crippen molar-refractivity contribution in [2.75, 3.05) is 28.7 Å². The summed E-state index contributed by atoms with van der Waals surface area (Å²) < 4.78 is 14.1. The molecule has 8 heteroatoms. The molecular formula is C15H16FN5OS. The molecule has 1 aliphatic rings. The van der Waals surface area contributed by atoms with E-state index in [1.165, 1.54) is 17.0 Å². The van der Waals surface area contributed by atoms with Crippen LogP contribution in [0.5, 0.6) is 0 Å². The maximum absolute atomic E-state index is 14.1. The van der Waals surface area contributed by atoms with Gasteiger partial charge in [0, 0.05) is 12.6 Å². The molecule has 0 spiro atoms. The maximum Gasteiger partial charge on any atom is 0.237 e. The van der Waals surface area contributed by atoms with E-state index in [1.54, 1.807) is 6.07 Å². The third-order valence-corrected chi connectivity index (χ3v) is 4.37. The first-order valence-electron chi connectivity index (χ1n) is 7.15. The molecule has 0 bridgehead atoms. The van der Waals surface area contributed by atoms with E-state index in [1.807, 2.05) is 6.07 Å². The van der Waals surface area contributed by atoms with E-state index in [9.17, 15) is 9.18 Å². The van der Waals surface area contributed by atoms with Gasteiger partial charge >= 0.3 is 0 Å². The van der Waals surface area contributed by atoms with Gasteiger partial charge in [0.1, 0.15) is 17.5 Å². The van der Waals surface area contributed by atoms with Gasteiger partial charge in [0.05, 0.1) is 11.4 Å². The van der Waals surface area contributed by atoms with Crippen LogP contribution in [0.3, 0.4) is 0 Å². The topological polar surface area (TPSA) is 98.1 Å². The number of hydrogen-bond donors (Lipinski definition) is 2. The molecule has 0 saturated carbocycles. The predicted molar refractivity (Wildman–Crippen MR) is 88.7 cm³/mol. The minimum absolute atomic E-state index is 0.0939. The van der Waals surface area contributed by atoms with Gasteiger partial charge in [-0.15, -0.1) is 0 Å². The summed E-state index contributed by atoms with van der Waals surface area (Å²) in [5.41, 5.74) is 12.5. The van der Waals surface area contributed by atoms with E-state index < -0.39 is 0 Å². The summed E-state index contributed by atoms with van der Waals surface area (Å²) in [5, 5.41) is 0.335. The molecule has 1 aromatic heterocycles. The molecule has 1 aliphatic heterocycles. The Bertz CT molecular complexity index is 734. The molecule has 1 amide bonds. The largest absolute Gasteiger partial charge is 0.383 e.